The second-order valence-corrected chi connectivity index (χ2v) is 7.13. The lowest BCUT2D eigenvalue weighted by atomic mass is 10.2. The summed E-state index contributed by atoms with van der Waals surface area (Å²) >= 11 is 0. The topological polar surface area (TPSA) is 67.6 Å². The molecule has 0 aliphatic carbocycles. The second kappa shape index (κ2) is 10.4. The molecular weight excluding hydrogens is 376 g/mol. The predicted molar refractivity (Wildman–Crippen MR) is 119 cm³/mol. The zero-order chi connectivity index (χ0) is 21.3. The lowest BCUT2D eigenvalue weighted by molar-refractivity contribution is 0.340. The standard InChI is InChI=1S/C23H30N6O/c1-5-30-21-13-11-20(12-14-21)17-28(3)23(24-15-19-9-7-6-8-10-19)25-16-22-27-26-18(2)29(22)4/h6-14H,5,15-17H2,1-4H3,(H,24,25). The maximum Gasteiger partial charge on any atom is 0.194 e. The molecule has 0 unspecified atom stereocenters. The van der Waals surface area contributed by atoms with Crippen LogP contribution in [0.5, 0.6) is 5.75 Å². The Labute approximate surface area is 178 Å². The molecule has 0 aliphatic rings. The average Bonchev–Trinajstić information content (AvgIpc) is 3.08. The molecule has 2 aromatic carbocycles. The van der Waals surface area contributed by atoms with E-state index in [2.05, 4.69) is 44.7 Å². The zero-order valence-corrected chi connectivity index (χ0v) is 18.2. The van der Waals surface area contributed by atoms with E-state index in [1.165, 1.54) is 11.1 Å². The molecule has 7 nitrogen and oxygen atoms in total. The van der Waals surface area contributed by atoms with E-state index in [0.717, 1.165) is 29.9 Å². The van der Waals surface area contributed by atoms with E-state index in [-0.39, 0.29) is 0 Å². The second-order valence-electron chi connectivity index (χ2n) is 7.13. The normalized spacial score (nSPS) is 11.4. The van der Waals surface area contributed by atoms with E-state index in [9.17, 15) is 0 Å². The van der Waals surface area contributed by atoms with Crippen molar-refractivity contribution in [2.75, 3.05) is 13.7 Å². The van der Waals surface area contributed by atoms with E-state index in [1.54, 1.807) is 0 Å². The molecule has 158 valence electrons. The number of guanidine groups is 1. The number of aliphatic imine (C=N–C) groups is 1. The Morgan fingerprint density at radius 3 is 2.43 bits per heavy atom. The Bertz CT molecular complexity index is 950. The van der Waals surface area contributed by atoms with Crippen molar-refractivity contribution in [2.45, 2.75) is 33.5 Å². The van der Waals surface area contributed by atoms with Crippen molar-refractivity contribution in [1.82, 2.24) is 25.0 Å². The molecule has 0 aliphatic heterocycles. The SMILES string of the molecule is CCOc1ccc(CN(C)C(=NCc2ccccc2)NCc2nnc(C)n2C)cc1. The molecular formula is C23H30N6O. The summed E-state index contributed by atoms with van der Waals surface area (Å²) in [6.07, 6.45) is 0. The minimum Gasteiger partial charge on any atom is -0.494 e. The minimum atomic E-state index is 0.554. The fourth-order valence-corrected chi connectivity index (χ4v) is 3.03. The Kier molecular flexibility index (Phi) is 7.43. The lowest BCUT2D eigenvalue weighted by Crippen LogP contribution is -2.38. The van der Waals surface area contributed by atoms with Crippen molar-refractivity contribution in [1.29, 1.82) is 0 Å². The minimum absolute atomic E-state index is 0.554. The smallest absolute Gasteiger partial charge is 0.194 e. The fourth-order valence-electron chi connectivity index (χ4n) is 3.03. The van der Waals surface area contributed by atoms with Crippen LogP contribution in [-0.2, 0) is 26.7 Å². The summed E-state index contributed by atoms with van der Waals surface area (Å²) in [4.78, 5) is 6.95. The van der Waals surface area contributed by atoms with Gasteiger partial charge in [-0.25, -0.2) is 4.99 Å². The van der Waals surface area contributed by atoms with Crippen molar-refractivity contribution in [3.8, 4) is 5.75 Å². The third kappa shape index (κ3) is 5.83. The van der Waals surface area contributed by atoms with Crippen LogP contribution in [0, 0.1) is 6.92 Å². The summed E-state index contributed by atoms with van der Waals surface area (Å²) in [5, 5.41) is 11.8. The van der Waals surface area contributed by atoms with Crippen LogP contribution in [0.4, 0.5) is 0 Å². The van der Waals surface area contributed by atoms with Gasteiger partial charge in [0.25, 0.3) is 0 Å². The van der Waals surface area contributed by atoms with Crippen molar-refractivity contribution < 1.29 is 4.74 Å². The van der Waals surface area contributed by atoms with E-state index < -0.39 is 0 Å². The summed E-state index contributed by atoms with van der Waals surface area (Å²) in [5.41, 5.74) is 2.35. The van der Waals surface area contributed by atoms with Crippen LogP contribution in [0.1, 0.15) is 29.7 Å². The Balaban J connectivity index is 1.72. The molecule has 3 aromatic rings. The van der Waals surface area contributed by atoms with E-state index in [4.69, 9.17) is 9.73 Å². The molecule has 1 heterocycles. The van der Waals surface area contributed by atoms with Gasteiger partial charge in [0.05, 0.1) is 19.7 Å². The highest BCUT2D eigenvalue weighted by Gasteiger charge is 2.11. The first kappa shape index (κ1) is 21.4. The number of benzene rings is 2. The molecule has 0 amide bonds. The van der Waals surface area contributed by atoms with Crippen LogP contribution in [0.25, 0.3) is 0 Å². The molecule has 30 heavy (non-hydrogen) atoms. The molecule has 0 spiro atoms. The summed E-state index contributed by atoms with van der Waals surface area (Å²) in [6, 6.07) is 18.4. The first-order valence-corrected chi connectivity index (χ1v) is 10.2. The maximum absolute atomic E-state index is 5.54. The molecule has 3 rings (SSSR count). The first-order chi connectivity index (χ1) is 14.6. The molecule has 0 bridgehead atoms. The van der Waals surface area contributed by atoms with Gasteiger partial charge in [-0.1, -0.05) is 42.5 Å². The van der Waals surface area contributed by atoms with Crippen LogP contribution in [0.3, 0.4) is 0 Å². The number of aryl methyl sites for hydroxylation is 1. The number of nitrogens with one attached hydrogen (secondary N) is 1. The fraction of sp³-hybridized carbons (Fsp3) is 0.348. The van der Waals surface area contributed by atoms with Crippen molar-refractivity contribution in [3.05, 3.63) is 77.4 Å². The van der Waals surface area contributed by atoms with Crippen LogP contribution >= 0.6 is 0 Å². The van der Waals surface area contributed by atoms with Gasteiger partial charge in [0.2, 0.25) is 0 Å². The zero-order valence-electron chi connectivity index (χ0n) is 18.2. The Morgan fingerprint density at radius 1 is 1.07 bits per heavy atom. The molecule has 0 fully saturated rings. The predicted octanol–water partition coefficient (Wildman–Crippen LogP) is 3.30. The van der Waals surface area contributed by atoms with Gasteiger partial charge in [-0.15, -0.1) is 10.2 Å². The molecule has 0 saturated heterocycles. The lowest BCUT2D eigenvalue weighted by Gasteiger charge is -2.23. The van der Waals surface area contributed by atoms with E-state index in [1.807, 2.05) is 62.8 Å². The summed E-state index contributed by atoms with van der Waals surface area (Å²) < 4.78 is 7.52. The van der Waals surface area contributed by atoms with Gasteiger partial charge in [-0.2, -0.15) is 0 Å². The number of nitrogens with zero attached hydrogens (tertiary/aromatic N) is 5. The van der Waals surface area contributed by atoms with E-state index >= 15 is 0 Å². The van der Waals surface area contributed by atoms with Crippen molar-refractivity contribution in [3.63, 3.8) is 0 Å². The van der Waals surface area contributed by atoms with Gasteiger partial charge in [0, 0.05) is 20.6 Å². The summed E-state index contributed by atoms with van der Waals surface area (Å²) in [7, 11) is 4.01. The number of hydrogen-bond acceptors (Lipinski definition) is 4. The molecule has 0 radical (unpaired) electrons. The monoisotopic (exact) mass is 406 g/mol. The third-order valence-electron chi connectivity index (χ3n) is 4.86. The number of rotatable bonds is 8. The largest absolute Gasteiger partial charge is 0.494 e. The molecule has 7 heteroatoms. The van der Waals surface area contributed by atoms with Crippen LogP contribution in [0.15, 0.2) is 59.6 Å². The summed E-state index contributed by atoms with van der Waals surface area (Å²) in [6.45, 7) is 6.49. The highest BCUT2D eigenvalue weighted by molar-refractivity contribution is 5.79. The van der Waals surface area contributed by atoms with Crippen LogP contribution in [0.2, 0.25) is 0 Å². The quantitative estimate of drug-likeness (QED) is 0.459. The van der Waals surface area contributed by atoms with Gasteiger partial charge in [-0.05, 0) is 37.1 Å². The number of hydrogen-bond donors (Lipinski definition) is 1. The molecule has 0 atom stereocenters. The Hall–Kier alpha value is -3.35. The summed E-state index contributed by atoms with van der Waals surface area (Å²) in [5.74, 6) is 3.46. The average molecular weight is 407 g/mol. The van der Waals surface area contributed by atoms with Crippen molar-refractivity contribution >= 4 is 5.96 Å². The van der Waals surface area contributed by atoms with Gasteiger partial charge >= 0.3 is 0 Å². The number of ether oxygens (including phenoxy) is 1. The van der Waals surface area contributed by atoms with Gasteiger partial charge < -0.3 is 19.5 Å². The van der Waals surface area contributed by atoms with Gasteiger partial charge in [-0.3, -0.25) is 0 Å². The third-order valence-corrected chi connectivity index (χ3v) is 4.86. The molecule has 1 N–H and O–H groups in total. The van der Waals surface area contributed by atoms with Crippen molar-refractivity contribution in [2.24, 2.45) is 12.0 Å². The highest BCUT2D eigenvalue weighted by Crippen LogP contribution is 2.13. The Morgan fingerprint density at radius 2 is 1.80 bits per heavy atom. The number of aromatic nitrogens is 3. The van der Waals surface area contributed by atoms with Gasteiger partial charge in [0.15, 0.2) is 11.8 Å². The van der Waals surface area contributed by atoms with E-state index in [0.29, 0.717) is 19.7 Å². The first-order valence-electron chi connectivity index (χ1n) is 10.2. The maximum atomic E-state index is 5.54. The van der Waals surface area contributed by atoms with Crippen LogP contribution in [-0.4, -0.2) is 39.3 Å². The molecule has 0 saturated carbocycles. The highest BCUT2D eigenvalue weighted by atomic mass is 16.5. The van der Waals surface area contributed by atoms with Crippen LogP contribution < -0.4 is 10.1 Å². The molecule has 1 aromatic heterocycles. The van der Waals surface area contributed by atoms with Gasteiger partial charge in [0.1, 0.15) is 11.6 Å².